The molecule has 0 N–H and O–H groups in total. The third-order valence-electron chi connectivity index (χ3n) is 4.18. The molecule has 0 bridgehead atoms. The molecule has 8 nitrogen and oxygen atoms in total. The van der Waals surface area contributed by atoms with E-state index >= 15 is 0 Å². The first-order valence-electron chi connectivity index (χ1n) is 8.26. The monoisotopic (exact) mass is 413 g/mol. The molecule has 1 atom stereocenters. The van der Waals surface area contributed by atoms with Gasteiger partial charge in [-0.3, -0.25) is 9.78 Å². The van der Waals surface area contributed by atoms with E-state index in [0.717, 1.165) is 6.07 Å². The highest BCUT2D eigenvalue weighted by molar-refractivity contribution is 7.91. The number of likely N-dealkylation sites (tertiary alicyclic amines) is 1. The minimum atomic E-state index is -4.90. The first-order chi connectivity index (χ1) is 13.3. The number of carbonyl (C=O) groups is 1. The van der Waals surface area contributed by atoms with Gasteiger partial charge in [0.15, 0.2) is 0 Å². The zero-order valence-electron chi connectivity index (χ0n) is 14.8. The largest absolute Gasteiger partial charge is 0.480 e. The summed E-state index contributed by atoms with van der Waals surface area (Å²) in [5.74, 6) is -3.76. The van der Waals surface area contributed by atoms with Crippen molar-refractivity contribution in [2.45, 2.75) is 23.2 Å². The third-order valence-corrected chi connectivity index (χ3v) is 5.62. The minimum absolute atomic E-state index is 0.154. The Labute approximate surface area is 160 Å². The molecule has 1 fully saturated rings. The van der Waals surface area contributed by atoms with Crippen molar-refractivity contribution >= 4 is 15.7 Å². The SMILES string of the molecule is COc1cncc(OC2CCN(C(=O)c3ccccc3S(=O)(=O)C(F)F)C2)n1. The fourth-order valence-corrected chi connectivity index (χ4v) is 3.75. The second kappa shape index (κ2) is 8.05. The van der Waals surface area contributed by atoms with Crippen LogP contribution in [0.5, 0.6) is 11.8 Å². The molecule has 1 amide bonds. The number of ether oxygens (including phenoxy) is 2. The Morgan fingerprint density at radius 1 is 1.25 bits per heavy atom. The second-order valence-electron chi connectivity index (χ2n) is 5.98. The molecule has 1 aliphatic heterocycles. The highest BCUT2D eigenvalue weighted by Gasteiger charge is 2.34. The van der Waals surface area contributed by atoms with Crippen LogP contribution in [0.4, 0.5) is 8.78 Å². The predicted molar refractivity (Wildman–Crippen MR) is 93.2 cm³/mol. The predicted octanol–water partition coefficient (Wildman–Crippen LogP) is 1.77. The van der Waals surface area contributed by atoms with E-state index in [1.807, 2.05) is 0 Å². The smallest absolute Gasteiger partial charge is 0.341 e. The second-order valence-corrected chi connectivity index (χ2v) is 7.87. The molecule has 0 radical (unpaired) electrons. The number of halogens is 2. The number of methoxy groups -OCH3 is 1. The molecule has 1 saturated heterocycles. The van der Waals surface area contributed by atoms with E-state index in [2.05, 4.69) is 9.97 Å². The lowest BCUT2D eigenvalue weighted by atomic mass is 10.2. The Balaban J connectivity index is 1.75. The summed E-state index contributed by atoms with van der Waals surface area (Å²) in [6.45, 7) is 0.435. The number of carbonyl (C=O) groups excluding carboxylic acids is 1. The van der Waals surface area contributed by atoms with Gasteiger partial charge in [0, 0.05) is 13.0 Å². The summed E-state index contributed by atoms with van der Waals surface area (Å²) in [6.07, 6.45) is 2.88. The third kappa shape index (κ3) is 4.03. The average Bonchev–Trinajstić information content (AvgIpc) is 3.15. The lowest BCUT2D eigenvalue weighted by Crippen LogP contribution is -2.32. The Kier molecular flexibility index (Phi) is 5.73. The summed E-state index contributed by atoms with van der Waals surface area (Å²) in [5.41, 5.74) is -0.287. The van der Waals surface area contributed by atoms with Crippen molar-refractivity contribution < 1.29 is 31.5 Å². The van der Waals surface area contributed by atoms with Gasteiger partial charge in [0.25, 0.3) is 5.91 Å². The topological polar surface area (TPSA) is 98.7 Å². The van der Waals surface area contributed by atoms with Crippen LogP contribution >= 0.6 is 0 Å². The molecule has 11 heteroatoms. The van der Waals surface area contributed by atoms with Crippen LogP contribution in [0.25, 0.3) is 0 Å². The fourth-order valence-electron chi connectivity index (χ4n) is 2.82. The molecular weight excluding hydrogens is 396 g/mol. The zero-order chi connectivity index (χ0) is 20.3. The van der Waals surface area contributed by atoms with Gasteiger partial charge >= 0.3 is 5.76 Å². The van der Waals surface area contributed by atoms with E-state index in [1.165, 1.54) is 42.6 Å². The molecule has 0 saturated carbocycles. The van der Waals surface area contributed by atoms with Crippen molar-refractivity contribution in [2.75, 3.05) is 20.2 Å². The van der Waals surface area contributed by atoms with Crippen molar-refractivity contribution in [1.29, 1.82) is 0 Å². The Hall–Kier alpha value is -2.82. The summed E-state index contributed by atoms with van der Waals surface area (Å²) in [5, 5.41) is 0. The van der Waals surface area contributed by atoms with Gasteiger partial charge < -0.3 is 14.4 Å². The van der Waals surface area contributed by atoms with Crippen LogP contribution < -0.4 is 9.47 Å². The number of hydrogen-bond donors (Lipinski definition) is 0. The highest BCUT2D eigenvalue weighted by Crippen LogP contribution is 2.25. The van der Waals surface area contributed by atoms with Crippen LogP contribution in [0.2, 0.25) is 0 Å². The first-order valence-corrected chi connectivity index (χ1v) is 9.80. The van der Waals surface area contributed by atoms with Gasteiger partial charge in [0.1, 0.15) is 6.10 Å². The van der Waals surface area contributed by atoms with Gasteiger partial charge in [0.05, 0.1) is 36.5 Å². The van der Waals surface area contributed by atoms with E-state index in [9.17, 15) is 22.0 Å². The van der Waals surface area contributed by atoms with Crippen molar-refractivity contribution in [1.82, 2.24) is 14.9 Å². The van der Waals surface area contributed by atoms with Crippen molar-refractivity contribution in [2.24, 2.45) is 0 Å². The van der Waals surface area contributed by atoms with Gasteiger partial charge in [-0.15, -0.1) is 0 Å². The maximum absolute atomic E-state index is 12.9. The number of sulfone groups is 1. The van der Waals surface area contributed by atoms with Gasteiger partial charge in [-0.25, -0.2) is 8.42 Å². The summed E-state index contributed by atoms with van der Waals surface area (Å²) in [4.78, 5) is 21.4. The Bertz CT molecular complexity index is 971. The number of hydrogen-bond acceptors (Lipinski definition) is 7. The van der Waals surface area contributed by atoms with E-state index in [1.54, 1.807) is 0 Å². The van der Waals surface area contributed by atoms with Crippen molar-refractivity contribution in [3.05, 3.63) is 42.2 Å². The van der Waals surface area contributed by atoms with Gasteiger partial charge in [-0.2, -0.15) is 13.8 Å². The lowest BCUT2D eigenvalue weighted by Gasteiger charge is -2.18. The Morgan fingerprint density at radius 2 is 1.96 bits per heavy atom. The maximum Gasteiger partial charge on any atom is 0.341 e. The van der Waals surface area contributed by atoms with Gasteiger partial charge in [0.2, 0.25) is 21.6 Å². The average molecular weight is 413 g/mol. The Morgan fingerprint density at radius 3 is 2.68 bits per heavy atom. The zero-order valence-corrected chi connectivity index (χ0v) is 15.6. The van der Waals surface area contributed by atoms with E-state index < -0.39 is 32.5 Å². The normalized spacial score (nSPS) is 17.0. The molecule has 0 aliphatic carbocycles. The molecule has 1 aromatic heterocycles. The molecule has 3 rings (SSSR count). The number of nitrogens with zero attached hydrogens (tertiary/aromatic N) is 3. The van der Waals surface area contributed by atoms with Gasteiger partial charge in [-0.1, -0.05) is 12.1 Å². The summed E-state index contributed by atoms with van der Waals surface area (Å²) >= 11 is 0. The van der Waals surface area contributed by atoms with Crippen molar-refractivity contribution in [3.63, 3.8) is 0 Å². The molecule has 1 aromatic carbocycles. The lowest BCUT2D eigenvalue weighted by molar-refractivity contribution is 0.0767. The van der Waals surface area contributed by atoms with Crippen LogP contribution in [-0.2, 0) is 9.84 Å². The van der Waals surface area contributed by atoms with E-state index in [-0.39, 0.29) is 30.4 Å². The molecule has 0 spiro atoms. The molecule has 28 heavy (non-hydrogen) atoms. The van der Waals surface area contributed by atoms with E-state index in [4.69, 9.17) is 9.47 Å². The minimum Gasteiger partial charge on any atom is -0.480 e. The van der Waals surface area contributed by atoms with Crippen LogP contribution in [-0.4, -0.2) is 61.3 Å². The van der Waals surface area contributed by atoms with Crippen LogP contribution in [0.1, 0.15) is 16.8 Å². The molecule has 2 heterocycles. The fraction of sp³-hybridized carbons (Fsp3) is 0.353. The molecule has 1 aliphatic rings. The summed E-state index contributed by atoms with van der Waals surface area (Å²) in [6, 6.07) is 4.95. The van der Waals surface area contributed by atoms with Crippen LogP contribution in [0.3, 0.4) is 0 Å². The molecular formula is C17H17F2N3O5S. The quantitative estimate of drug-likeness (QED) is 0.712. The molecule has 150 valence electrons. The standard InChI is InChI=1S/C17H17F2N3O5S/c1-26-14-8-20-9-15(21-14)27-11-6-7-22(10-11)16(23)12-4-2-3-5-13(12)28(24,25)17(18)19/h2-5,8-9,11,17H,6-7,10H2,1H3. The summed E-state index contributed by atoms with van der Waals surface area (Å²) < 4.78 is 60.2. The number of aromatic nitrogens is 2. The van der Waals surface area contributed by atoms with Gasteiger partial charge in [-0.05, 0) is 12.1 Å². The molecule has 2 aromatic rings. The first kappa shape index (κ1) is 19.9. The van der Waals surface area contributed by atoms with Crippen LogP contribution in [0, 0.1) is 0 Å². The number of alkyl halides is 2. The number of rotatable bonds is 6. The van der Waals surface area contributed by atoms with Crippen LogP contribution in [0.15, 0.2) is 41.6 Å². The number of amides is 1. The van der Waals surface area contributed by atoms with Crippen molar-refractivity contribution in [3.8, 4) is 11.8 Å². The summed E-state index contributed by atoms with van der Waals surface area (Å²) in [7, 11) is -3.46. The maximum atomic E-state index is 12.9. The molecule has 1 unspecified atom stereocenters. The van der Waals surface area contributed by atoms with E-state index in [0.29, 0.717) is 6.42 Å². The highest BCUT2D eigenvalue weighted by atomic mass is 32.2. The number of benzene rings is 1.